The molecule has 0 heterocycles. The Hall–Kier alpha value is -3.02. The Kier molecular flexibility index (Phi) is 7.02. The van der Waals surface area contributed by atoms with Gasteiger partial charge in [0.15, 0.2) is 6.10 Å². The Morgan fingerprint density at radius 1 is 1.04 bits per heavy atom. The maximum atomic E-state index is 12.1. The number of hydrogen-bond acceptors (Lipinski definition) is 5. The highest BCUT2D eigenvalue weighted by atomic mass is 16.5. The van der Waals surface area contributed by atoms with Crippen molar-refractivity contribution >= 4 is 11.9 Å². The first kappa shape index (κ1) is 19.3. The maximum absolute atomic E-state index is 12.1. The van der Waals surface area contributed by atoms with Crippen molar-refractivity contribution in [1.82, 2.24) is 5.32 Å². The summed E-state index contributed by atoms with van der Waals surface area (Å²) in [6.45, 7) is 1.93. The van der Waals surface area contributed by atoms with Crippen LogP contribution >= 0.6 is 0 Å². The highest BCUT2D eigenvalue weighted by Gasteiger charge is 2.19. The molecule has 2 rings (SSSR count). The highest BCUT2D eigenvalue weighted by molar-refractivity contribution is 5.84. The molecule has 0 saturated carbocycles. The predicted octanol–water partition coefficient (Wildman–Crippen LogP) is 2.49. The SMILES string of the molecule is COc1ccc(CC(=O)OC(C)C(=O)NCc2ccccc2)c(OC)c1. The van der Waals surface area contributed by atoms with E-state index in [0.29, 0.717) is 23.6 Å². The lowest BCUT2D eigenvalue weighted by atomic mass is 10.1. The van der Waals surface area contributed by atoms with Gasteiger partial charge in [0.1, 0.15) is 11.5 Å². The molecule has 1 unspecified atom stereocenters. The molecule has 2 aromatic carbocycles. The lowest BCUT2D eigenvalue weighted by Crippen LogP contribution is -2.35. The van der Waals surface area contributed by atoms with Gasteiger partial charge >= 0.3 is 5.97 Å². The van der Waals surface area contributed by atoms with Gasteiger partial charge < -0.3 is 19.5 Å². The Labute approximate surface area is 153 Å². The van der Waals surface area contributed by atoms with Crippen LogP contribution in [0, 0.1) is 0 Å². The zero-order valence-corrected chi connectivity index (χ0v) is 15.2. The van der Waals surface area contributed by atoms with Gasteiger partial charge in [-0.25, -0.2) is 0 Å². The normalized spacial score (nSPS) is 11.3. The van der Waals surface area contributed by atoms with Crippen molar-refractivity contribution in [3.05, 3.63) is 59.7 Å². The fourth-order valence-corrected chi connectivity index (χ4v) is 2.37. The van der Waals surface area contributed by atoms with Crippen LogP contribution in [0.4, 0.5) is 0 Å². The van der Waals surface area contributed by atoms with Gasteiger partial charge in [-0.15, -0.1) is 0 Å². The Morgan fingerprint density at radius 3 is 2.42 bits per heavy atom. The summed E-state index contributed by atoms with van der Waals surface area (Å²) in [5, 5.41) is 2.75. The number of esters is 1. The Bertz CT molecular complexity index is 745. The Balaban J connectivity index is 1.87. The van der Waals surface area contributed by atoms with E-state index in [0.717, 1.165) is 5.56 Å². The number of amides is 1. The molecule has 1 amide bonds. The van der Waals surface area contributed by atoms with Crippen LogP contribution in [-0.4, -0.2) is 32.2 Å². The first-order valence-corrected chi connectivity index (χ1v) is 8.25. The molecule has 26 heavy (non-hydrogen) atoms. The monoisotopic (exact) mass is 357 g/mol. The number of nitrogens with one attached hydrogen (secondary N) is 1. The van der Waals surface area contributed by atoms with Crippen LogP contribution < -0.4 is 14.8 Å². The van der Waals surface area contributed by atoms with Crippen molar-refractivity contribution in [3.8, 4) is 11.5 Å². The Morgan fingerprint density at radius 2 is 1.77 bits per heavy atom. The molecular formula is C20H23NO5. The van der Waals surface area contributed by atoms with Gasteiger partial charge in [0.25, 0.3) is 5.91 Å². The molecule has 0 saturated heterocycles. The molecule has 1 atom stereocenters. The second-order valence-electron chi connectivity index (χ2n) is 5.69. The third-order valence-corrected chi connectivity index (χ3v) is 3.82. The summed E-state index contributed by atoms with van der Waals surface area (Å²) >= 11 is 0. The molecule has 0 spiro atoms. The summed E-state index contributed by atoms with van der Waals surface area (Å²) in [6.07, 6.45) is -0.876. The molecule has 6 nitrogen and oxygen atoms in total. The van der Waals surface area contributed by atoms with Crippen LogP contribution in [0.15, 0.2) is 48.5 Å². The average Bonchev–Trinajstić information content (AvgIpc) is 2.67. The zero-order valence-electron chi connectivity index (χ0n) is 15.2. The van der Waals surface area contributed by atoms with E-state index in [1.54, 1.807) is 32.2 Å². The van der Waals surface area contributed by atoms with Crippen molar-refractivity contribution in [2.45, 2.75) is 26.0 Å². The van der Waals surface area contributed by atoms with Crippen LogP contribution in [0.3, 0.4) is 0 Å². The average molecular weight is 357 g/mol. The number of rotatable bonds is 8. The van der Waals surface area contributed by atoms with E-state index in [2.05, 4.69) is 5.32 Å². The minimum Gasteiger partial charge on any atom is -0.497 e. The van der Waals surface area contributed by atoms with E-state index in [1.165, 1.54) is 7.11 Å². The second-order valence-corrected chi connectivity index (χ2v) is 5.69. The minimum atomic E-state index is -0.879. The molecule has 6 heteroatoms. The minimum absolute atomic E-state index is 0.00345. The van der Waals surface area contributed by atoms with Crippen LogP contribution in [0.1, 0.15) is 18.1 Å². The molecule has 0 bridgehead atoms. The summed E-state index contributed by atoms with van der Waals surface area (Å²) in [6, 6.07) is 14.7. The summed E-state index contributed by atoms with van der Waals surface area (Å²) < 4.78 is 15.6. The van der Waals surface area contributed by atoms with Crippen molar-refractivity contribution < 1.29 is 23.8 Å². The van der Waals surface area contributed by atoms with E-state index in [9.17, 15) is 9.59 Å². The predicted molar refractivity (Wildman–Crippen MR) is 97.1 cm³/mol. The van der Waals surface area contributed by atoms with Crippen LogP contribution in [0.25, 0.3) is 0 Å². The highest BCUT2D eigenvalue weighted by Crippen LogP contribution is 2.25. The summed E-state index contributed by atoms with van der Waals surface area (Å²) in [4.78, 5) is 24.2. The molecule has 0 fully saturated rings. The number of carbonyl (C=O) groups is 2. The van der Waals surface area contributed by atoms with Gasteiger partial charge in [0.2, 0.25) is 0 Å². The number of hydrogen-bond donors (Lipinski definition) is 1. The molecule has 1 N–H and O–H groups in total. The van der Waals surface area contributed by atoms with Crippen LogP contribution in [0.5, 0.6) is 11.5 Å². The van der Waals surface area contributed by atoms with E-state index in [4.69, 9.17) is 14.2 Å². The number of methoxy groups -OCH3 is 2. The molecule has 138 valence electrons. The molecule has 0 aromatic heterocycles. The van der Waals surface area contributed by atoms with E-state index >= 15 is 0 Å². The van der Waals surface area contributed by atoms with Crippen molar-refractivity contribution in [3.63, 3.8) is 0 Å². The quantitative estimate of drug-likeness (QED) is 0.735. The third-order valence-electron chi connectivity index (χ3n) is 3.82. The van der Waals surface area contributed by atoms with Gasteiger partial charge in [-0.05, 0) is 18.6 Å². The van der Waals surface area contributed by atoms with Gasteiger partial charge in [0, 0.05) is 18.2 Å². The first-order valence-electron chi connectivity index (χ1n) is 8.25. The standard InChI is InChI=1S/C20H23NO5/c1-14(20(23)21-13-15-7-5-4-6-8-15)26-19(22)11-16-9-10-17(24-2)12-18(16)25-3/h4-10,12,14H,11,13H2,1-3H3,(H,21,23). The van der Waals surface area contributed by atoms with Crippen molar-refractivity contribution in [1.29, 1.82) is 0 Å². The molecule has 0 radical (unpaired) electrons. The van der Waals surface area contributed by atoms with Gasteiger partial charge in [-0.1, -0.05) is 36.4 Å². The zero-order chi connectivity index (χ0) is 18.9. The topological polar surface area (TPSA) is 73.9 Å². The molecule has 0 aliphatic heterocycles. The lowest BCUT2D eigenvalue weighted by molar-refractivity contribution is -0.154. The lowest BCUT2D eigenvalue weighted by Gasteiger charge is -2.15. The van der Waals surface area contributed by atoms with Crippen LogP contribution in [0.2, 0.25) is 0 Å². The number of carbonyl (C=O) groups excluding carboxylic acids is 2. The summed E-state index contributed by atoms with van der Waals surface area (Å²) in [7, 11) is 3.07. The van der Waals surface area contributed by atoms with Crippen LogP contribution in [-0.2, 0) is 27.3 Å². The maximum Gasteiger partial charge on any atom is 0.311 e. The summed E-state index contributed by atoms with van der Waals surface area (Å²) in [5.41, 5.74) is 1.64. The molecule has 2 aromatic rings. The molecule has 0 aliphatic rings. The first-order chi connectivity index (χ1) is 12.5. The van der Waals surface area contributed by atoms with E-state index < -0.39 is 12.1 Å². The number of ether oxygens (including phenoxy) is 3. The van der Waals surface area contributed by atoms with Gasteiger partial charge in [-0.2, -0.15) is 0 Å². The molecular weight excluding hydrogens is 334 g/mol. The fourth-order valence-electron chi connectivity index (χ4n) is 2.37. The number of benzene rings is 2. The van der Waals surface area contributed by atoms with Crippen molar-refractivity contribution in [2.24, 2.45) is 0 Å². The molecule has 0 aliphatic carbocycles. The van der Waals surface area contributed by atoms with Gasteiger partial charge in [0.05, 0.1) is 20.6 Å². The van der Waals surface area contributed by atoms with Gasteiger partial charge in [-0.3, -0.25) is 9.59 Å². The second kappa shape index (κ2) is 9.46. The largest absolute Gasteiger partial charge is 0.497 e. The fraction of sp³-hybridized carbons (Fsp3) is 0.300. The summed E-state index contributed by atoms with van der Waals surface area (Å²) in [5.74, 6) is 0.315. The van der Waals surface area contributed by atoms with E-state index in [-0.39, 0.29) is 12.3 Å². The smallest absolute Gasteiger partial charge is 0.311 e. The van der Waals surface area contributed by atoms with E-state index in [1.807, 2.05) is 30.3 Å². The third kappa shape index (κ3) is 5.51. The van der Waals surface area contributed by atoms with Crippen molar-refractivity contribution in [2.75, 3.05) is 14.2 Å².